The monoisotopic (exact) mass is 340 g/mol. The number of hydrogen-bond acceptors (Lipinski definition) is 6. The summed E-state index contributed by atoms with van der Waals surface area (Å²) < 4.78 is 5.88. The zero-order chi connectivity index (χ0) is 16.4. The first kappa shape index (κ1) is 15.5. The molecule has 124 valence electrons. The lowest BCUT2D eigenvalue weighted by Crippen LogP contribution is -2.45. The van der Waals surface area contributed by atoms with Gasteiger partial charge in [-0.05, 0) is 30.0 Å². The van der Waals surface area contributed by atoms with Gasteiger partial charge in [0.1, 0.15) is 5.76 Å². The van der Waals surface area contributed by atoms with Crippen LogP contribution < -0.4 is 5.32 Å². The molecule has 1 saturated heterocycles. The fraction of sp³-hybridized carbons (Fsp3) is 0.333. The van der Waals surface area contributed by atoms with Gasteiger partial charge in [0.2, 0.25) is 5.89 Å². The molecule has 3 aromatic heterocycles. The van der Waals surface area contributed by atoms with E-state index in [1.165, 1.54) is 5.56 Å². The van der Waals surface area contributed by atoms with E-state index in [1.807, 2.05) is 36.8 Å². The van der Waals surface area contributed by atoms with Gasteiger partial charge in [0.05, 0.1) is 5.69 Å². The predicted octanol–water partition coefficient (Wildman–Crippen LogP) is 3.25. The summed E-state index contributed by atoms with van der Waals surface area (Å²) in [5, 5.41) is 7.59. The van der Waals surface area contributed by atoms with Crippen LogP contribution in [0.15, 0.2) is 45.8 Å². The van der Waals surface area contributed by atoms with Crippen LogP contribution in [0.2, 0.25) is 0 Å². The highest BCUT2D eigenvalue weighted by atomic mass is 32.1. The molecule has 6 heteroatoms. The number of nitrogens with one attached hydrogen (secondary N) is 1. The smallest absolute Gasteiger partial charge is 0.227 e. The van der Waals surface area contributed by atoms with Gasteiger partial charge >= 0.3 is 0 Å². The molecule has 1 fully saturated rings. The van der Waals surface area contributed by atoms with Crippen molar-refractivity contribution >= 4 is 11.3 Å². The molecule has 0 aliphatic carbocycles. The van der Waals surface area contributed by atoms with Gasteiger partial charge in [-0.1, -0.05) is 6.07 Å². The minimum absolute atomic E-state index is 0.313. The van der Waals surface area contributed by atoms with Crippen molar-refractivity contribution in [1.29, 1.82) is 0 Å². The molecular formula is C18H20N4OS. The summed E-state index contributed by atoms with van der Waals surface area (Å²) in [5.74, 6) is 1.62. The summed E-state index contributed by atoms with van der Waals surface area (Å²) >= 11 is 1.66. The molecule has 0 spiro atoms. The van der Waals surface area contributed by atoms with Gasteiger partial charge in [-0.2, -0.15) is 11.3 Å². The van der Waals surface area contributed by atoms with Crippen LogP contribution in [0, 0.1) is 6.92 Å². The Balaban J connectivity index is 1.57. The minimum Gasteiger partial charge on any atom is -0.441 e. The van der Waals surface area contributed by atoms with Crippen LogP contribution in [0.3, 0.4) is 0 Å². The van der Waals surface area contributed by atoms with Crippen LogP contribution in [0.1, 0.15) is 23.1 Å². The minimum atomic E-state index is 0.313. The summed E-state index contributed by atoms with van der Waals surface area (Å²) in [6.45, 7) is 5.70. The number of hydrogen-bond donors (Lipinski definition) is 1. The van der Waals surface area contributed by atoms with Crippen LogP contribution in [0.25, 0.3) is 11.5 Å². The van der Waals surface area contributed by atoms with Crippen LogP contribution in [-0.4, -0.2) is 34.5 Å². The first-order valence-corrected chi connectivity index (χ1v) is 9.09. The number of pyridine rings is 1. The van der Waals surface area contributed by atoms with E-state index in [0.29, 0.717) is 6.04 Å². The number of aryl methyl sites for hydroxylation is 1. The number of rotatable bonds is 4. The topological polar surface area (TPSA) is 54.2 Å². The molecule has 1 atom stereocenters. The SMILES string of the molecule is Cc1oc(-c2ccsc2)nc1CN1CCNCC1c1cccnc1. The maximum atomic E-state index is 5.88. The van der Waals surface area contributed by atoms with E-state index in [1.54, 1.807) is 11.3 Å². The molecule has 3 aromatic rings. The number of aromatic nitrogens is 2. The normalized spacial score (nSPS) is 18.8. The number of piperazine rings is 1. The Bertz CT molecular complexity index is 785. The fourth-order valence-electron chi connectivity index (χ4n) is 3.11. The Labute approximate surface area is 145 Å². The van der Waals surface area contributed by atoms with Crippen LogP contribution in [0.5, 0.6) is 0 Å². The van der Waals surface area contributed by atoms with Crippen molar-refractivity contribution in [3.63, 3.8) is 0 Å². The van der Waals surface area contributed by atoms with Crippen molar-refractivity contribution in [3.05, 3.63) is 58.4 Å². The Morgan fingerprint density at radius 1 is 1.42 bits per heavy atom. The predicted molar refractivity (Wildman–Crippen MR) is 94.8 cm³/mol. The van der Waals surface area contributed by atoms with Gasteiger partial charge in [0.25, 0.3) is 0 Å². The second-order valence-electron chi connectivity index (χ2n) is 6.01. The Morgan fingerprint density at radius 3 is 3.17 bits per heavy atom. The highest BCUT2D eigenvalue weighted by Crippen LogP contribution is 2.27. The van der Waals surface area contributed by atoms with Crippen molar-refractivity contribution in [1.82, 2.24) is 20.2 Å². The molecule has 1 aliphatic heterocycles. The van der Waals surface area contributed by atoms with E-state index in [-0.39, 0.29) is 0 Å². The number of thiophene rings is 1. The summed E-state index contributed by atoms with van der Waals surface area (Å²) in [7, 11) is 0. The highest BCUT2D eigenvalue weighted by molar-refractivity contribution is 7.08. The largest absolute Gasteiger partial charge is 0.441 e. The Hall–Kier alpha value is -2.02. The van der Waals surface area contributed by atoms with Gasteiger partial charge in [-0.15, -0.1) is 0 Å². The van der Waals surface area contributed by atoms with Gasteiger partial charge in [0, 0.05) is 55.6 Å². The molecule has 0 amide bonds. The lowest BCUT2D eigenvalue weighted by molar-refractivity contribution is 0.151. The number of nitrogens with zero attached hydrogens (tertiary/aromatic N) is 3. The lowest BCUT2D eigenvalue weighted by Gasteiger charge is -2.35. The highest BCUT2D eigenvalue weighted by Gasteiger charge is 2.26. The van der Waals surface area contributed by atoms with E-state index in [0.717, 1.165) is 49.1 Å². The molecule has 1 N–H and O–H groups in total. The molecule has 1 unspecified atom stereocenters. The molecule has 0 radical (unpaired) electrons. The van der Waals surface area contributed by atoms with Crippen molar-refractivity contribution in [2.75, 3.05) is 19.6 Å². The average molecular weight is 340 g/mol. The summed E-state index contributed by atoms with van der Waals surface area (Å²) in [4.78, 5) is 11.5. The molecule has 4 heterocycles. The number of oxazole rings is 1. The third-order valence-corrected chi connectivity index (χ3v) is 5.12. The third kappa shape index (κ3) is 3.13. The third-order valence-electron chi connectivity index (χ3n) is 4.44. The quantitative estimate of drug-likeness (QED) is 0.790. The Kier molecular flexibility index (Phi) is 4.42. The zero-order valence-corrected chi connectivity index (χ0v) is 14.4. The van der Waals surface area contributed by atoms with E-state index in [2.05, 4.69) is 26.6 Å². The van der Waals surface area contributed by atoms with Gasteiger partial charge in [-0.25, -0.2) is 4.98 Å². The lowest BCUT2D eigenvalue weighted by atomic mass is 10.1. The van der Waals surface area contributed by atoms with Crippen molar-refractivity contribution in [2.45, 2.75) is 19.5 Å². The van der Waals surface area contributed by atoms with E-state index < -0.39 is 0 Å². The van der Waals surface area contributed by atoms with E-state index in [4.69, 9.17) is 9.40 Å². The molecule has 1 aliphatic rings. The summed E-state index contributed by atoms with van der Waals surface area (Å²) in [6.07, 6.45) is 3.77. The molecular weight excluding hydrogens is 320 g/mol. The van der Waals surface area contributed by atoms with Crippen molar-refractivity contribution < 1.29 is 4.42 Å². The van der Waals surface area contributed by atoms with Crippen LogP contribution in [-0.2, 0) is 6.54 Å². The molecule has 0 bridgehead atoms. The molecule has 0 saturated carbocycles. The Morgan fingerprint density at radius 2 is 2.38 bits per heavy atom. The van der Waals surface area contributed by atoms with Gasteiger partial charge < -0.3 is 9.73 Å². The van der Waals surface area contributed by atoms with Crippen LogP contribution in [0.4, 0.5) is 0 Å². The second kappa shape index (κ2) is 6.84. The van der Waals surface area contributed by atoms with Gasteiger partial charge in [-0.3, -0.25) is 9.88 Å². The molecule has 4 rings (SSSR count). The first-order chi connectivity index (χ1) is 11.8. The van der Waals surface area contributed by atoms with Crippen molar-refractivity contribution in [2.24, 2.45) is 0 Å². The van der Waals surface area contributed by atoms with Gasteiger partial charge in [0.15, 0.2) is 0 Å². The zero-order valence-electron chi connectivity index (χ0n) is 13.6. The maximum Gasteiger partial charge on any atom is 0.227 e. The standard InChI is InChI=1S/C18H20N4OS/c1-13-16(21-18(23-13)15-4-8-24-12-15)11-22-7-6-20-10-17(22)14-3-2-5-19-9-14/h2-5,8-9,12,17,20H,6-7,10-11H2,1H3. The van der Waals surface area contributed by atoms with E-state index >= 15 is 0 Å². The van der Waals surface area contributed by atoms with Crippen molar-refractivity contribution in [3.8, 4) is 11.5 Å². The van der Waals surface area contributed by atoms with Crippen LogP contribution >= 0.6 is 11.3 Å². The summed E-state index contributed by atoms with van der Waals surface area (Å²) in [6, 6.07) is 6.50. The second-order valence-corrected chi connectivity index (χ2v) is 6.79. The van der Waals surface area contributed by atoms with E-state index in [9.17, 15) is 0 Å². The first-order valence-electron chi connectivity index (χ1n) is 8.15. The summed E-state index contributed by atoms with van der Waals surface area (Å²) in [5.41, 5.74) is 3.31. The average Bonchev–Trinajstić information content (AvgIpc) is 3.27. The maximum absolute atomic E-state index is 5.88. The molecule has 24 heavy (non-hydrogen) atoms. The fourth-order valence-corrected chi connectivity index (χ4v) is 3.74. The molecule has 0 aromatic carbocycles. The molecule has 5 nitrogen and oxygen atoms in total.